The molecule has 1 heterocycles. The van der Waals surface area contributed by atoms with E-state index < -0.39 is 42.3 Å². The van der Waals surface area contributed by atoms with Gasteiger partial charge in [-0.2, -0.15) is 0 Å². The Balaban J connectivity index is 2.45. The van der Waals surface area contributed by atoms with Gasteiger partial charge in [0.25, 0.3) is 0 Å². The minimum Gasteiger partial charge on any atom is -0.458 e. The maximum Gasteiger partial charge on any atom is 0.334 e. The number of hydrogen-bond acceptors (Lipinski definition) is 6. The molecule has 142 valence electrons. The summed E-state index contributed by atoms with van der Waals surface area (Å²) in [5.41, 5.74) is 1.61. The van der Waals surface area contributed by atoms with Gasteiger partial charge in [0.05, 0.1) is 18.1 Å². The third-order valence-electron chi connectivity index (χ3n) is 5.01. The highest BCUT2D eigenvalue weighted by molar-refractivity contribution is 5.92. The van der Waals surface area contributed by atoms with Crippen molar-refractivity contribution in [1.29, 1.82) is 0 Å². The lowest BCUT2D eigenvalue weighted by Crippen LogP contribution is -2.36. The minimum absolute atomic E-state index is 0.0714. The fourth-order valence-electron chi connectivity index (χ4n) is 3.10. The molecule has 0 spiro atoms. The van der Waals surface area contributed by atoms with Crippen molar-refractivity contribution in [2.75, 3.05) is 0 Å². The average molecular weight is 362 g/mol. The van der Waals surface area contributed by atoms with Crippen LogP contribution in [0.5, 0.6) is 0 Å². The van der Waals surface area contributed by atoms with Crippen molar-refractivity contribution in [1.82, 2.24) is 0 Å². The number of fused-ring (bicyclic) bond motifs is 1. The lowest BCUT2D eigenvalue weighted by molar-refractivity contribution is -0.147. The van der Waals surface area contributed by atoms with Crippen LogP contribution in [-0.4, -0.2) is 46.6 Å². The van der Waals surface area contributed by atoms with Crippen molar-refractivity contribution in [3.8, 4) is 0 Å². The fraction of sp³-hybridized carbons (Fsp3) is 0.500. The SMILES string of the molecule is C=C1CC(OC(=O)/C(C)=C\C)[C@@H]2C(=C)C(=O)O[C@H]2/C=C(/C)C(O)C[C@@H]1O. The van der Waals surface area contributed by atoms with Crippen molar-refractivity contribution in [2.24, 2.45) is 5.92 Å². The van der Waals surface area contributed by atoms with E-state index in [1.807, 2.05) is 0 Å². The van der Waals surface area contributed by atoms with Crippen molar-refractivity contribution >= 4 is 11.9 Å². The van der Waals surface area contributed by atoms with Crippen molar-refractivity contribution in [3.05, 3.63) is 47.6 Å². The summed E-state index contributed by atoms with van der Waals surface area (Å²) in [6, 6.07) is 0. The van der Waals surface area contributed by atoms with E-state index in [-0.39, 0.29) is 18.4 Å². The predicted octanol–water partition coefficient (Wildman–Crippen LogP) is 1.98. The zero-order valence-corrected chi connectivity index (χ0v) is 15.4. The monoisotopic (exact) mass is 362 g/mol. The van der Waals surface area contributed by atoms with Crippen LogP contribution >= 0.6 is 0 Å². The van der Waals surface area contributed by atoms with E-state index in [9.17, 15) is 19.8 Å². The summed E-state index contributed by atoms with van der Waals surface area (Å²) in [5, 5.41) is 20.5. The summed E-state index contributed by atoms with van der Waals surface area (Å²) >= 11 is 0. The molecule has 1 saturated heterocycles. The Bertz CT molecular complexity index is 686. The quantitative estimate of drug-likeness (QED) is 0.443. The Hall–Kier alpha value is -2.18. The van der Waals surface area contributed by atoms with Gasteiger partial charge in [-0.1, -0.05) is 19.2 Å². The van der Waals surface area contributed by atoms with Gasteiger partial charge < -0.3 is 19.7 Å². The average Bonchev–Trinajstić information content (AvgIpc) is 2.86. The lowest BCUT2D eigenvalue weighted by Gasteiger charge is -2.30. The predicted molar refractivity (Wildman–Crippen MR) is 96.0 cm³/mol. The van der Waals surface area contributed by atoms with E-state index in [1.165, 1.54) is 0 Å². The Labute approximate surface area is 153 Å². The van der Waals surface area contributed by atoms with Gasteiger partial charge in [0.15, 0.2) is 0 Å². The molecule has 1 fully saturated rings. The maximum absolute atomic E-state index is 12.3. The number of carbonyl (C=O) groups excluding carboxylic acids is 2. The van der Waals surface area contributed by atoms with Gasteiger partial charge in [-0.15, -0.1) is 0 Å². The highest BCUT2D eigenvalue weighted by Gasteiger charge is 2.45. The van der Waals surface area contributed by atoms with Crippen molar-refractivity contribution in [3.63, 3.8) is 0 Å². The van der Waals surface area contributed by atoms with Crippen LogP contribution < -0.4 is 0 Å². The van der Waals surface area contributed by atoms with Crippen LogP contribution in [0.25, 0.3) is 0 Å². The van der Waals surface area contributed by atoms with E-state index in [1.54, 1.807) is 32.9 Å². The van der Waals surface area contributed by atoms with Crippen LogP contribution in [0.2, 0.25) is 0 Å². The first kappa shape index (κ1) is 20.1. The fourth-order valence-corrected chi connectivity index (χ4v) is 3.10. The molecule has 2 rings (SSSR count). The Morgan fingerprint density at radius 1 is 1.35 bits per heavy atom. The van der Waals surface area contributed by atoms with Gasteiger partial charge in [0.2, 0.25) is 0 Å². The van der Waals surface area contributed by atoms with Crippen molar-refractivity contribution in [2.45, 2.75) is 58.0 Å². The van der Waals surface area contributed by atoms with Gasteiger partial charge >= 0.3 is 11.9 Å². The molecule has 0 saturated carbocycles. The van der Waals surface area contributed by atoms with Crippen LogP contribution in [0.1, 0.15) is 33.6 Å². The molecule has 0 bridgehead atoms. The number of carbonyl (C=O) groups is 2. The van der Waals surface area contributed by atoms with Crippen LogP contribution in [0, 0.1) is 5.92 Å². The maximum atomic E-state index is 12.3. The van der Waals surface area contributed by atoms with E-state index in [0.29, 0.717) is 16.7 Å². The second kappa shape index (κ2) is 8.01. The van der Waals surface area contributed by atoms with Crippen LogP contribution in [0.3, 0.4) is 0 Å². The lowest BCUT2D eigenvalue weighted by atomic mass is 9.83. The minimum atomic E-state index is -0.958. The van der Waals surface area contributed by atoms with Crippen molar-refractivity contribution < 1.29 is 29.3 Å². The third-order valence-corrected chi connectivity index (χ3v) is 5.01. The van der Waals surface area contributed by atoms with Gasteiger partial charge in [-0.05, 0) is 38.0 Å². The van der Waals surface area contributed by atoms with Gasteiger partial charge in [-0.3, -0.25) is 0 Å². The second-order valence-electron chi connectivity index (χ2n) is 6.88. The van der Waals surface area contributed by atoms with Gasteiger partial charge in [0, 0.05) is 24.0 Å². The molecule has 2 N–H and O–H groups in total. The molecule has 1 aliphatic heterocycles. The summed E-state index contributed by atoms with van der Waals surface area (Å²) in [5.74, 6) is -1.68. The Kier molecular flexibility index (Phi) is 6.21. The zero-order chi connectivity index (χ0) is 19.6. The molecule has 0 aromatic rings. The number of aliphatic hydroxyl groups excluding tert-OH is 2. The summed E-state index contributed by atoms with van der Waals surface area (Å²) in [7, 11) is 0. The van der Waals surface area contributed by atoms with Gasteiger partial charge in [0.1, 0.15) is 12.2 Å². The molecule has 0 aromatic heterocycles. The number of allylic oxidation sites excluding steroid dienone is 1. The Morgan fingerprint density at radius 2 is 2.00 bits per heavy atom. The first-order valence-electron chi connectivity index (χ1n) is 8.61. The third kappa shape index (κ3) is 4.14. The second-order valence-corrected chi connectivity index (χ2v) is 6.88. The first-order chi connectivity index (χ1) is 12.1. The molecule has 0 amide bonds. The van der Waals surface area contributed by atoms with E-state index in [2.05, 4.69) is 13.2 Å². The van der Waals surface area contributed by atoms with Gasteiger partial charge in [-0.25, -0.2) is 9.59 Å². The molecule has 6 heteroatoms. The molecule has 2 unspecified atom stereocenters. The summed E-state index contributed by atoms with van der Waals surface area (Å²) < 4.78 is 11.0. The number of aliphatic hydroxyl groups is 2. The molecule has 2 aliphatic rings. The zero-order valence-electron chi connectivity index (χ0n) is 15.4. The van der Waals surface area contributed by atoms with E-state index >= 15 is 0 Å². The van der Waals surface area contributed by atoms with Crippen LogP contribution in [-0.2, 0) is 19.1 Å². The standard InChI is InChI=1S/C20H26O6/c1-6-10(2)19(23)25-16-7-11(3)14(21)9-15(22)12(4)8-17-18(16)13(5)20(24)26-17/h6,8,14-18,21-22H,3,5,7,9H2,1-2,4H3/b10-6-,12-8-/t14-,15?,16?,17-,18-/m0/s1. The van der Waals surface area contributed by atoms with Crippen LogP contribution in [0.4, 0.5) is 0 Å². The molecule has 1 aliphatic carbocycles. The summed E-state index contributed by atoms with van der Waals surface area (Å²) in [6.45, 7) is 12.7. The van der Waals surface area contributed by atoms with E-state index in [4.69, 9.17) is 9.47 Å². The summed E-state index contributed by atoms with van der Waals surface area (Å²) in [6.07, 6.45) is 0.173. The topological polar surface area (TPSA) is 93.1 Å². The largest absolute Gasteiger partial charge is 0.458 e. The molecule has 0 radical (unpaired) electrons. The number of rotatable bonds is 2. The molecule has 6 nitrogen and oxygen atoms in total. The highest BCUT2D eigenvalue weighted by Crippen LogP contribution is 2.37. The number of esters is 2. The normalized spacial score (nSPS) is 35.3. The number of ether oxygens (including phenoxy) is 2. The summed E-state index contributed by atoms with van der Waals surface area (Å²) in [4.78, 5) is 24.3. The highest BCUT2D eigenvalue weighted by atomic mass is 16.6. The molecular formula is C20H26O6. The van der Waals surface area contributed by atoms with Crippen LogP contribution in [0.15, 0.2) is 47.6 Å². The first-order valence-corrected chi connectivity index (χ1v) is 8.61. The van der Waals surface area contributed by atoms with E-state index in [0.717, 1.165) is 0 Å². The number of hydrogen-bond donors (Lipinski definition) is 2. The molecular weight excluding hydrogens is 336 g/mol. The molecule has 0 aromatic carbocycles. The molecule has 26 heavy (non-hydrogen) atoms. The smallest absolute Gasteiger partial charge is 0.334 e. The Morgan fingerprint density at radius 3 is 2.62 bits per heavy atom. The molecule has 5 atom stereocenters.